The Morgan fingerprint density at radius 2 is 1.78 bits per heavy atom. The number of anilines is 2. The van der Waals surface area contributed by atoms with Crippen LogP contribution in [0.4, 0.5) is 11.6 Å². The van der Waals surface area contributed by atoms with Crippen molar-refractivity contribution in [1.82, 2.24) is 9.97 Å². The number of aromatic nitrogens is 2. The van der Waals surface area contributed by atoms with E-state index in [1.165, 1.54) is 0 Å². The summed E-state index contributed by atoms with van der Waals surface area (Å²) in [5, 5.41) is 16.4. The van der Waals surface area contributed by atoms with Gasteiger partial charge in [-0.1, -0.05) is 12.8 Å². The van der Waals surface area contributed by atoms with Crippen molar-refractivity contribution in [3.63, 3.8) is 0 Å². The molecule has 100 valence electrons. The Balaban J connectivity index is 2.20. The molecule has 0 radical (unpaired) electrons. The topological polar surface area (TPSA) is 70.1 Å². The third-order valence-electron chi connectivity index (χ3n) is 3.55. The fourth-order valence-electron chi connectivity index (χ4n) is 2.47. The molecule has 0 spiro atoms. The van der Waals surface area contributed by atoms with E-state index in [9.17, 15) is 5.11 Å². The number of nitrogens with one attached hydrogen (secondary N) is 2. The summed E-state index contributed by atoms with van der Waals surface area (Å²) in [4.78, 5) is 8.78. The van der Waals surface area contributed by atoms with Crippen molar-refractivity contribution >= 4 is 11.6 Å². The minimum Gasteiger partial charge on any atom is -0.391 e. The number of rotatable bonds is 3. The first-order valence-corrected chi connectivity index (χ1v) is 6.59. The van der Waals surface area contributed by atoms with Gasteiger partial charge in [0, 0.05) is 12.6 Å². The van der Waals surface area contributed by atoms with Crippen LogP contribution < -0.4 is 10.6 Å². The van der Waals surface area contributed by atoms with Crippen LogP contribution in [0.3, 0.4) is 0 Å². The predicted octanol–water partition coefficient (Wildman–Crippen LogP) is 1.85. The summed E-state index contributed by atoms with van der Waals surface area (Å²) >= 11 is 0. The molecule has 0 saturated heterocycles. The molecule has 5 nitrogen and oxygen atoms in total. The third kappa shape index (κ3) is 2.72. The number of aliphatic hydroxyl groups excluding tert-OH is 1. The molecule has 0 bridgehead atoms. The minimum absolute atomic E-state index is 0.108. The molecule has 1 aliphatic rings. The minimum atomic E-state index is -0.272. The van der Waals surface area contributed by atoms with E-state index < -0.39 is 0 Å². The van der Waals surface area contributed by atoms with Gasteiger partial charge in [-0.15, -0.1) is 0 Å². The second-order valence-electron chi connectivity index (χ2n) is 4.95. The van der Waals surface area contributed by atoms with E-state index >= 15 is 0 Å². The normalized spacial score (nSPS) is 23.8. The van der Waals surface area contributed by atoms with E-state index in [1.54, 1.807) is 0 Å². The van der Waals surface area contributed by atoms with E-state index in [0.29, 0.717) is 0 Å². The molecule has 1 fully saturated rings. The van der Waals surface area contributed by atoms with Gasteiger partial charge in [-0.25, -0.2) is 9.97 Å². The Hall–Kier alpha value is -1.36. The van der Waals surface area contributed by atoms with E-state index in [-0.39, 0.29) is 12.1 Å². The average molecular weight is 250 g/mol. The highest BCUT2D eigenvalue weighted by Gasteiger charge is 2.24. The highest BCUT2D eigenvalue weighted by Crippen LogP contribution is 2.25. The van der Waals surface area contributed by atoms with Crippen molar-refractivity contribution in [2.45, 2.75) is 51.7 Å². The number of aliphatic hydroxyl groups is 1. The lowest BCUT2D eigenvalue weighted by Crippen LogP contribution is -2.36. The van der Waals surface area contributed by atoms with Crippen LogP contribution >= 0.6 is 0 Å². The number of hydrogen-bond donors (Lipinski definition) is 3. The predicted molar refractivity (Wildman–Crippen MR) is 72.9 cm³/mol. The maximum absolute atomic E-state index is 10.00. The average Bonchev–Trinajstić information content (AvgIpc) is 2.36. The Kier molecular flexibility index (Phi) is 4.01. The Labute approximate surface area is 108 Å². The first-order chi connectivity index (χ1) is 8.61. The van der Waals surface area contributed by atoms with Gasteiger partial charge in [0.1, 0.15) is 17.5 Å². The quantitative estimate of drug-likeness (QED) is 0.763. The zero-order chi connectivity index (χ0) is 13.1. The van der Waals surface area contributed by atoms with Gasteiger partial charge in [0.2, 0.25) is 0 Å². The van der Waals surface area contributed by atoms with Crippen LogP contribution in [0.25, 0.3) is 0 Å². The van der Waals surface area contributed by atoms with Crippen LogP contribution in [-0.4, -0.2) is 34.3 Å². The molecule has 0 aliphatic heterocycles. The maximum atomic E-state index is 10.00. The second-order valence-corrected chi connectivity index (χ2v) is 4.95. The molecule has 18 heavy (non-hydrogen) atoms. The van der Waals surface area contributed by atoms with Crippen LogP contribution in [-0.2, 0) is 0 Å². The van der Waals surface area contributed by atoms with Crippen molar-refractivity contribution in [1.29, 1.82) is 0 Å². The van der Waals surface area contributed by atoms with Gasteiger partial charge in [0.25, 0.3) is 0 Å². The summed E-state index contributed by atoms with van der Waals surface area (Å²) in [5.41, 5.74) is 1.00. The Morgan fingerprint density at radius 1 is 1.11 bits per heavy atom. The van der Waals surface area contributed by atoms with Gasteiger partial charge >= 0.3 is 0 Å². The van der Waals surface area contributed by atoms with Gasteiger partial charge in [-0.2, -0.15) is 0 Å². The molecule has 5 heteroatoms. The summed E-state index contributed by atoms with van der Waals surface area (Å²) in [6.45, 7) is 3.87. The maximum Gasteiger partial charge on any atom is 0.135 e. The molecule has 2 rings (SSSR count). The summed E-state index contributed by atoms with van der Waals surface area (Å²) < 4.78 is 0. The van der Waals surface area contributed by atoms with Crippen LogP contribution in [0.1, 0.15) is 37.1 Å². The zero-order valence-electron chi connectivity index (χ0n) is 11.3. The number of nitrogens with zero attached hydrogens (tertiary/aromatic N) is 2. The lowest BCUT2D eigenvalue weighted by atomic mass is 9.92. The van der Waals surface area contributed by atoms with Gasteiger partial charge in [0.15, 0.2) is 0 Å². The standard InChI is InChI=1S/C13H22N4O/c1-8-12(14-3)15-9(2)16-13(8)17-10-6-4-5-7-11(10)18/h10-11,18H,4-7H2,1-3H3,(H2,14,15,16,17). The SMILES string of the molecule is CNc1nc(C)nc(NC2CCCCC2O)c1C. The van der Waals surface area contributed by atoms with Crippen molar-refractivity contribution in [3.8, 4) is 0 Å². The van der Waals surface area contributed by atoms with Gasteiger partial charge < -0.3 is 15.7 Å². The Bertz CT molecular complexity index is 422. The first-order valence-electron chi connectivity index (χ1n) is 6.59. The lowest BCUT2D eigenvalue weighted by Gasteiger charge is -2.29. The molecule has 0 amide bonds. The molecule has 1 aromatic heterocycles. The Morgan fingerprint density at radius 3 is 2.44 bits per heavy atom. The van der Waals surface area contributed by atoms with Crippen molar-refractivity contribution < 1.29 is 5.11 Å². The van der Waals surface area contributed by atoms with Crippen molar-refractivity contribution in [2.75, 3.05) is 17.7 Å². The van der Waals surface area contributed by atoms with E-state index in [4.69, 9.17) is 0 Å². The third-order valence-corrected chi connectivity index (χ3v) is 3.55. The highest BCUT2D eigenvalue weighted by atomic mass is 16.3. The number of aryl methyl sites for hydroxylation is 1. The molecule has 2 atom stereocenters. The van der Waals surface area contributed by atoms with Gasteiger partial charge in [-0.3, -0.25) is 0 Å². The van der Waals surface area contributed by atoms with Gasteiger partial charge in [-0.05, 0) is 26.7 Å². The summed E-state index contributed by atoms with van der Waals surface area (Å²) in [6.07, 6.45) is 3.88. The summed E-state index contributed by atoms with van der Waals surface area (Å²) in [5.74, 6) is 2.41. The van der Waals surface area contributed by atoms with Crippen LogP contribution in [0.5, 0.6) is 0 Å². The molecule has 3 N–H and O–H groups in total. The molecule has 0 aromatic carbocycles. The summed E-state index contributed by atoms with van der Waals surface area (Å²) in [7, 11) is 1.86. The molecule has 1 heterocycles. The monoisotopic (exact) mass is 250 g/mol. The second kappa shape index (κ2) is 5.52. The first kappa shape index (κ1) is 13.1. The van der Waals surface area contributed by atoms with Gasteiger partial charge in [0.05, 0.1) is 12.1 Å². The smallest absolute Gasteiger partial charge is 0.135 e. The lowest BCUT2D eigenvalue weighted by molar-refractivity contribution is 0.116. The zero-order valence-corrected chi connectivity index (χ0v) is 11.3. The number of hydrogen-bond acceptors (Lipinski definition) is 5. The molecular formula is C13H22N4O. The summed E-state index contributed by atoms with van der Waals surface area (Å²) in [6, 6.07) is 0.108. The molecule has 1 aliphatic carbocycles. The molecule has 1 aromatic rings. The van der Waals surface area contributed by atoms with Crippen molar-refractivity contribution in [3.05, 3.63) is 11.4 Å². The highest BCUT2D eigenvalue weighted by molar-refractivity contribution is 5.57. The van der Waals surface area contributed by atoms with Crippen LogP contribution in [0.15, 0.2) is 0 Å². The molecule has 1 saturated carbocycles. The molecular weight excluding hydrogens is 228 g/mol. The van der Waals surface area contributed by atoms with E-state index in [2.05, 4.69) is 20.6 Å². The van der Waals surface area contributed by atoms with Crippen LogP contribution in [0, 0.1) is 13.8 Å². The van der Waals surface area contributed by atoms with E-state index in [0.717, 1.165) is 48.7 Å². The van der Waals surface area contributed by atoms with E-state index in [1.807, 2.05) is 20.9 Å². The fourth-order valence-corrected chi connectivity index (χ4v) is 2.47. The fraction of sp³-hybridized carbons (Fsp3) is 0.692. The van der Waals surface area contributed by atoms with Crippen molar-refractivity contribution in [2.24, 2.45) is 0 Å². The van der Waals surface area contributed by atoms with Crippen LogP contribution in [0.2, 0.25) is 0 Å². The molecule has 2 unspecified atom stereocenters. The largest absolute Gasteiger partial charge is 0.391 e.